The first kappa shape index (κ1) is 18.6. The fraction of sp³-hybridized carbons (Fsp3) is 0.611. The lowest BCUT2D eigenvalue weighted by Crippen LogP contribution is -2.58. The van der Waals surface area contributed by atoms with Gasteiger partial charge in [0.15, 0.2) is 0 Å². The summed E-state index contributed by atoms with van der Waals surface area (Å²) in [6.07, 6.45) is 4.36. The van der Waals surface area contributed by atoms with Crippen LogP contribution in [-0.4, -0.2) is 67.9 Å². The Morgan fingerprint density at radius 2 is 2.25 bits per heavy atom. The minimum atomic E-state index is -0.259. The molecule has 0 bridgehead atoms. The van der Waals surface area contributed by atoms with Crippen molar-refractivity contribution in [2.45, 2.75) is 50.7 Å². The smallest absolute Gasteiger partial charge is 0.254 e. The molecule has 2 saturated heterocycles. The Morgan fingerprint density at radius 1 is 1.43 bits per heavy atom. The van der Waals surface area contributed by atoms with Crippen molar-refractivity contribution in [2.75, 3.05) is 13.1 Å². The van der Waals surface area contributed by atoms with Crippen molar-refractivity contribution >= 4 is 11.8 Å². The van der Waals surface area contributed by atoms with E-state index in [-0.39, 0.29) is 35.9 Å². The predicted octanol–water partition coefficient (Wildman–Crippen LogP) is -0.160. The van der Waals surface area contributed by atoms with Crippen LogP contribution in [0, 0.1) is 0 Å². The molecule has 2 aliphatic heterocycles. The SMILES string of the molecule is CC(C)c1nnc(C[C@@H]2CNC(=O)[C@@H]3C[C@H](NC(=O)c4cnn(C)c4)CN23)o1. The van der Waals surface area contributed by atoms with Gasteiger partial charge in [-0.1, -0.05) is 13.8 Å². The zero-order valence-corrected chi connectivity index (χ0v) is 16.3. The third-order valence-corrected chi connectivity index (χ3v) is 5.31. The van der Waals surface area contributed by atoms with Gasteiger partial charge in [0.1, 0.15) is 0 Å². The van der Waals surface area contributed by atoms with Crippen molar-refractivity contribution in [3.63, 3.8) is 0 Å². The number of hydrogen-bond donors (Lipinski definition) is 2. The number of piperazine rings is 1. The minimum absolute atomic E-state index is 0.00257. The maximum atomic E-state index is 12.4. The van der Waals surface area contributed by atoms with Crippen LogP contribution in [0.15, 0.2) is 16.8 Å². The quantitative estimate of drug-likeness (QED) is 0.732. The first-order valence-corrected chi connectivity index (χ1v) is 9.56. The van der Waals surface area contributed by atoms with Gasteiger partial charge in [-0.2, -0.15) is 5.10 Å². The molecule has 0 spiro atoms. The summed E-state index contributed by atoms with van der Waals surface area (Å²) in [6.45, 7) is 5.15. The fourth-order valence-electron chi connectivity index (χ4n) is 3.86. The molecule has 0 aliphatic carbocycles. The molecule has 28 heavy (non-hydrogen) atoms. The van der Waals surface area contributed by atoms with Crippen LogP contribution in [0.1, 0.15) is 48.3 Å². The molecule has 0 aromatic carbocycles. The number of carbonyl (C=O) groups is 2. The number of rotatable bonds is 5. The molecular formula is C18H25N7O3. The fourth-order valence-corrected chi connectivity index (χ4v) is 3.86. The van der Waals surface area contributed by atoms with E-state index < -0.39 is 0 Å². The van der Waals surface area contributed by atoms with Crippen LogP contribution in [0.2, 0.25) is 0 Å². The molecule has 150 valence electrons. The Labute approximate surface area is 162 Å². The van der Waals surface area contributed by atoms with E-state index >= 15 is 0 Å². The van der Waals surface area contributed by atoms with Crippen LogP contribution in [0.4, 0.5) is 0 Å². The lowest BCUT2D eigenvalue weighted by Gasteiger charge is -2.36. The summed E-state index contributed by atoms with van der Waals surface area (Å²) < 4.78 is 7.32. The summed E-state index contributed by atoms with van der Waals surface area (Å²) >= 11 is 0. The summed E-state index contributed by atoms with van der Waals surface area (Å²) in [7, 11) is 1.77. The van der Waals surface area contributed by atoms with Gasteiger partial charge < -0.3 is 15.1 Å². The van der Waals surface area contributed by atoms with Crippen molar-refractivity contribution < 1.29 is 14.0 Å². The van der Waals surface area contributed by atoms with Gasteiger partial charge in [0.25, 0.3) is 5.91 Å². The molecule has 4 rings (SSSR count). The summed E-state index contributed by atoms with van der Waals surface area (Å²) in [6, 6.07) is -0.299. The normalized spacial score (nSPS) is 25.0. The molecule has 2 aromatic rings. The summed E-state index contributed by atoms with van der Waals surface area (Å²) in [4.78, 5) is 26.9. The summed E-state index contributed by atoms with van der Waals surface area (Å²) in [5, 5.41) is 18.2. The first-order valence-electron chi connectivity index (χ1n) is 9.56. The van der Waals surface area contributed by atoms with Gasteiger partial charge in [0, 0.05) is 50.8 Å². The maximum absolute atomic E-state index is 12.4. The Bertz CT molecular complexity index is 874. The number of aromatic nitrogens is 4. The molecule has 2 N–H and O–H groups in total. The van der Waals surface area contributed by atoms with E-state index in [2.05, 4.69) is 30.8 Å². The molecule has 0 saturated carbocycles. The number of carbonyl (C=O) groups excluding carboxylic acids is 2. The molecule has 2 amide bonds. The van der Waals surface area contributed by atoms with E-state index in [9.17, 15) is 9.59 Å². The molecular weight excluding hydrogens is 362 g/mol. The molecule has 10 heteroatoms. The molecule has 4 heterocycles. The van der Waals surface area contributed by atoms with Gasteiger partial charge in [-0.25, -0.2) is 0 Å². The molecule has 2 fully saturated rings. The van der Waals surface area contributed by atoms with Gasteiger partial charge in [-0.15, -0.1) is 10.2 Å². The predicted molar refractivity (Wildman–Crippen MR) is 98.5 cm³/mol. The van der Waals surface area contributed by atoms with Crippen molar-refractivity contribution in [1.29, 1.82) is 0 Å². The van der Waals surface area contributed by atoms with Crippen LogP contribution in [0.25, 0.3) is 0 Å². The zero-order chi connectivity index (χ0) is 19.8. The van der Waals surface area contributed by atoms with E-state index in [1.807, 2.05) is 13.8 Å². The Kier molecular flexibility index (Phi) is 4.88. The number of aryl methyl sites for hydroxylation is 1. The van der Waals surface area contributed by atoms with E-state index in [0.29, 0.717) is 43.3 Å². The Balaban J connectivity index is 1.42. The van der Waals surface area contributed by atoms with Gasteiger partial charge in [-0.05, 0) is 6.42 Å². The number of hydrogen-bond acceptors (Lipinski definition) is 7. The highest BCUT2D eigenvalue weighted by molar-refractivity contribution is 5.94. The highest BCUT2D eigenvalue weighted by Crippen LogP contribution is 2.26. The molecule has 0 unspecified atom stereocenters. The maximum Gasteiger partial charge on any atom is 0.254 e. The average Bonchev–Trinajstić information content (AvgIpc) is 3.37. The molecule has 2 aliphatic rings. The van der Waals surface area contributed by atoms with E-state index in [1.54, 1.807) is 17.9 Å². The summed E-state index contributed by atoms with van der Waals surface area (Å²) in [5.74, 6) is 1.20. The van der Waals surface area contributed by atoms with Crippen LogP contribution in [0.3, 0.4) is 0 Å². The van der Waals surface area contributed by atoms with Crippen LogP contribution >= 0.6 is 0 Å². The van der Waals surface area contributed by atoms with Gasteiger partial charge >= 0.3 is 0 Å². The van der Waals surface area contributed by atoms with Crippen LogP contribution in [0.5, 0.6) is 0 Å². The highest BCUT2D eigenvalue weighted by Gasteiger charge is 2.44. The van der Waals surface area contributed by atoms with Crippen LogP contribution in [-0.2, 0) is 18.3 Å². The highest BCUT2D eigenvalue weighted by atomic mass is 16.4. The lowest BCUT2D eigenvalue weighted by molar-refractivity contribution is -0.129. The third-order valence-electron chi connectivity index (χ3n) is 5.31. The van der Waals surface area contributed by atoms with Crippen molar-refractivity contribution in [2.24, 2.45) is 7.05 Å². The monoisotopic (exact) mass is 387 g/mol. The van der Waals surface area contributed by atoms with Crippen LogP contribution < -0.4 is 10.6 Å². The van der Waals surface area contributed by atoms with Gasteiger partial charge in [-0.3, -0.25) is 19.2 Å². The number of nitrogens with one attached hydrogen (secondary N) is 2. The standard InChI is InChI=1S/C18H25N7O3/c1-10(2)18-23-22-15(28-18)5-13-7-19-17(27)14-4-12(9-25(13)14)21-16(26)11-6-20-24(3)8-11/h6,8,10,12-14H,4-5,7,9H2,1-3H3,(H,19,27)(H,21,26)/t12-,13+,14-/m0/s1. The second kappa shape index (κ2) is 7.34. The zero-order valence-electron chi connectivity index (χ0n) is 16.3. The van der Waals surface area contributed by atoms with Crippen molar-refractivity contribution in [3.8, 4) is 0 Å². The van der Waals surface area contributed by atoms with E-state index in [4.69, 9.17) is 4.42 Å². The van der Waals surface area contributed by atoms with E-state index in [1.165, 1.54) is 6.20 Å². The second-order valence-corrected chi connectivity index (χ2v) is 7.81. The Morgan fingerprint density at radius 3 is 2.93 bits per heavy atom. The lowest BCUT2D eigenvalue weighted by atomic mass is 10.1. The molecule has 2 aromatic heterocycles. The summed E-state index contributed by atoms with van der Waals surface area (Å²) in [5.41, 5.74) is 0.514. The topological polar surface area (TPSA) is 118 Å². The first-order chi connectivity index (χ1) is 13.4. The van der Waals surface area contributed by atoms with Crippen molar-refractivity contribution in [1.82, 2.24) is 35.5 Å². The number of fused-ring (bicyclic) bond motifs is 1. The van der Waals surface area contributed by atoms with Gasteiger partial charge in [0.05, 0.1) is 17.8 Å². The number of nitrogens with zero attached hydrogens (tertiary/aromatic N) is 5. The molecule has 3 atom stereocenters. The second-order valence-electron chi connectivity index (χ2n) is 7.81. The average molecular weight is 387 g/mol. The molecule has 0 radical (unpaired) electrons. The van der Waals surface area contributed by atoms with E-state index in [0.717, 1.165) is 0 Å². The Hall–Kier alpha value is -2.75. The van der Waals surface area contributed by atoms with Gasteiger partial charge in [0.2, 0.25) is 17.7 Å². The third kappa shape index (κ3) is 3.64. The molecule has 10 nitrogen and oxygen atoms in total. The van der Waals surface area contributed by atoms with Crippen molar-refractivity contribution in [3.05, 3.63) is 29.7 Å². The largest absolute Gasteiger partial charge is 0.425 e. The number of amides is 2. The minimum Gasteiger partial charge on any atom is -0.425 e.